The molecule has 0 N–H and O–H groups in total. The van der Waals surface area contributed by atoms with E-state index in [0.29, 0.717) is 0 Å². The number of hydrogen-bond acceptors (Lipinski definition) is 5. The van der Waals surface area contributed by atoms with Crippen LogP contribution >= 0.6 is 11.3 Å². The van der Waals surface area contributed by atoms with Crippen molar-refractivity contribution in [3.05, 3.63) is 45.5 Å². The van der Waals surface area contributed by atoms with E-state index >= 15 is 0 Å². The van der Waals surface area contributed by atoms with Crippen molar-refractivity contribution in [1.82, 2.24) is 24.7 Å². The molecule has 1 saturated heterocycles. The zero-order chi connectivity index (χ0) is 19.2. The fraction of sp³-hybridized carbons (Fsp3) is 0.500. The molecule has 142 valence electrons. The van der Waals surface area contributed by atoms with Gasteiger partial charge in [0.05, 0.1) is 10.6 Å². The largest absolute Gasteiger partial charge is 0.338 e. The van der Waals surface area contributed by atoms with Crippen LogP contribution in [0.3, 0.4) is 0 Å². The van der Waals surface area contributed by atoms with Gasteiger partial charge in [0, 0.05) is 24.4 Å². The second-order valence-corrected chi connectivity index (χ2v) is 9.26. The van der Waals surface area contributed by atoms with Crippen LogP contribution in [-0.4, -0.2) is 43.7 Å². The smallest absolute Gasteiger partial charge is 0.263 e. The van der Waals surface area contributed by atoms with E-state index in [1.54, 1.807) is 0 Å². The number of nitrogens with zero attached hydrogens (tertiary/aromatic N) is 5. The normalized spacial score (nSPS) is 16.2. The third kappa shape index (κ3) is 3.48. The summed E-state index contributed by atoms with van der Waals surface area (Å²) in [5, 5.41) is 15.5. The molecule has 6 nitrogen and oxygen atoms in total. The van der Waals surface area contributed by atoms with Crippen LogP contribution in [0.2, 0.25) is 0 Å². The molecule has 3 aromatic rings. The van der Waals surface area contributed by atoms with E-state index in [1.807, 2.05) is 39.9 Å². The molecule has 1 fully saturated rings. The van der Waals surface area contributed by atoms with Gasteiger partial charge < -0.3 is 4.90 Å². The van der Waals surface area contributed by atoms with E-state index in [4.69, 9.17) is 5.10 Å². The average Bonchev–Trinajstić information content (AvgIpc) is 3.26. The van der Waals surface area contributed by atoms with E-state index in [0.717, 1.165) is 53.5 Å². The highest BCUT2D eigenvalue weighted by atomic mass is 32.1. The Balaban J connectivity index is 1.52. The van der Waals surface area contributed by atoms with Crippen molar-refractivity contribution in [3.8, 4) is 0 Å². The van der Waals surface area contributed by atoms with Gasteiger partial charge in [0.25, 0.3) is 5.91 Å². The molecule has 4 rings (SSSR count). The number of thiophene rings is 1. The van der Waals surface area contributed by atoms with Crippen LogP contribution in [-0.2, 0) is 5.41 Å². The van der Waals surface area contributed by atoms with Gasteiger partial charge in [-0.3, -0.25) is 4.79 Å². The molecule has 0 spiro atoms. The van der Waals surface area contributed by atoms with Crippen molar-refractivity contribution < 1.29 is 4.79 Å². The van der Waals surface area contributed by atoms with Crippen LogP contribution in [0.25, 0.3) is 5.65 Å². The van der Waals surface area contributed by atoms with Gasteiger partial charge in [0.15, 0.2) is 11.5 Å². The van der Waals surface area contributed by atoms with Gasteiger partial charge in [-0.1, -0.05) is 20.8 Å². The highest BCUT2D eigenvalue weighted by Gasteiger charge is 2.28. The number of piperidine rings is 1. The predicted molar refractivity (Wildman–Crippen MR) is 106 cm³/mol. The number of aryl methyl sites for hydroxylation is 1. The maximum absolute atomic E-state index is 12.7. The van der Waals surface area contributed by atoms with Gasteiger partial charge in [-0.15, -0.1) is 21.5 Å². The summed E-state index contributed by atoms with van der Waals surface area (Å²) in [7, 11) is 0. The van der Waals surface area contributed by atoms with Crippen molar-refractivity contribution >= 4 is 22.9 Å². The summed E-state index contributed by atoms with van der Waals surface area (Å²) in [6, 6.07) is 5.99. The predicted octanol–water partition coefficient (Wildman–Crippen LogP) is 3.81. The standard InChI is InChI=1S/C20H25N5OS/c1-13-11-15(27-12-13)19(26)24-9-7-14(8-10-24)18-22-21-17-6-5-16(20(2,3)4)23-25(17)18/h5-6,11-12,14H,7-10H2,1-4H3. The zero-order valence-corrected chi connectivity index (χ0v) is 17.1. The first-order valence-corrected chi connectivity index (χ1v) is 10.3. The van der Waals surface area contributed by atoms with Crippen LogP contribution in [0, 0.1) is 6.92 Å². The summed E-state index contributed by atoms with van der Waals surface area (Å²) in [6.07, 6.45) is 1.77. The van der Waals surface area contributed by atoms with E-state index in [1.165, 1.54) is 11.3 Å². The van der Waals surface area contributed by atoms with Crippen molar-refractivity contribution in [2.75, 3.05) is 13.1 Å². The first-order valence-electron chi connectivity index (χ1n) is 9.40. The maximum Gasteiger partial charge on any atom is 0.263 e. The van der Waals surface area contributed by atoms with Gasteiger partial charge >= 0.3 is 0 Å². The summed E-state index contributed by atoms with van der Waals surface area (Å²) >= 11 is 1.53. The van der Waals surface area contributed by atoms with Crippen molar-refractivity contribution in [3.63, 3.8) is 0 Å². The lowest BCUT2D eigenvalue weighted by atomic mass is 9.92. The Bertz CT molecular complexity index is 976. The number of hydrogen-bond donors (Lipinski definition) is 0. The maximum atomic E-state index is 12.7. The Morgan fingerprint density at radius 2 is 1.93 bits per heavy atom. The lowest BCUT2D eigenvalue weighted by Crippen LogP contribution is -2.38. The summed E-state index contributed by atoms with van der Waals surface area (Å²) in [5.74, 6) is 1.33. The van der Waals surface area contributed by atoms with E-state index < -0.39 is 0 Å². The number of aromatic nitrogens is 4. The van der Waals surface area contributed by atoms with Crippen LogP contribution in [0.15, 0.2) is 23.6 Å². The van der Waals surface area contributed by atoms with Gasteiger partial charge in [0.1, 0.15) is 0 Å². The fourth-order valence-electron chi connectivity index (χ4n) is 3.50. The number of fused-ring (bicyclic) bond motifs is 1. The van der Waals surface area contributed by atoms with E-state index in [2.05, 4.69) is 31.0 Å². The third-order valence-corrected chi connectivity index (χ3v) is 6.18. The molecule has 0 aromatic carbocycles. The van der Waals surface area contributed by atoms with Gasteiger partial charge in [-0.05, 0) is 48.9 Å². The molecule has 4 heterocycles. The lowest BCUT2D eigenvalue weighted by molar-refractivity contribution is 0.0715. The number of carbonyl (C=O) groups excluding carboxylic acids is 1. The molecule has 0 unspecified atom stereocenters. The molecule has 1 aliphatic heterocycles. The quantitative estimate of drug-likeness (QED) is 0.675. The molecule has 27 heavy (non-hydrogen) atoms. The Morgan fingerprint density at radius 1 is 1.19 bits per heavy atom. The van der Waals surface area contributed by atoms with Crippen molar-refractivity contribution in [1.29, 1.82) is 0 Å². The van der Waals surface area contributed by atoms with Crippen LogP contribution < -0.4 is 0 Å². The monoisotopic (exact) mass is 383 g/mol. The SMILES string of the molecule is Cc1csc(C(=O)N2CCC(c3nnc4ccc(C(C)(C)C)nn34)CC2)c1. The average molecular weight is 384 g/mol. The molecule has 7 heteroatoms. The summed E-state index contributed by atoms with van der Waals surface area (Å²) in [6.45, 7) is 9.97. The summed E-state index contributed by atoms with van der Waals surface area (Å²) in [5.41, 5.74) is 2.93. The number of rotatable bonds is 2. The third-order valence-electron chi connectivity index (χ3n) is 5.14. The molecule has 1 aliphatic rings. The highest BCUT2D eigenvalue weighted by molar-refractivity contribution is 7.12. The Morgan fingerprint density at radius 3 is 2.56 bits per heavy atom. The van der Waals surface area contributed by atoms with Gasteiger partial charge in [-0.25, -0.2) is 0 Å². The second kappa shape index (κ2) is 6.71. The molecular formula is C20H25N5OS. The Labute approximate surface area is 163 Å². The summed E-state index contributed by atoms with van der Waals surface area (Å²) < 4.78 is 1.89. The fourth-order valence-corrected chi connectivity index (χ4v) is 4.36. The molecule has 1 amide bonds. The Kier molecular flexibility index (Phi) is 4.50. The van der Waals surface area contributed by atoms with Gasteiger partial charge in [0.2, 0.25) is 0 Å². The minimum atomic E-state index is -0.0235. The van der Waals surface area contributed by atoms with Crippen LogP contribution in [0.4, 0.5) is 0 Å². The minimum absolute atomic E-state index is 0.0235. The van der Waals surface area contributed by atoms with Gasteiger partial charge in [-0.2, -0.15) is 9.61 Å². The molecule has 0 aliphatic carbocycles. The van der Waals surface area contributed by atoms with E-state index in [-0.39, 0.29) is 17.2 Å². The molecule has 0 bridgehead atoms. The topological polar surface area (TPSA) is 63.4 Å². The van der Waals surface area contributed by atoms with Crippen molar-refractivity contribution in [2.45, 2.75) is 51.9 Å². The van der Waals surface area contributed by atoms with Crippen LogP contribution in [0.5, 0.6) is 0 Å². The molecular weight excluding hydrogens is 358 g/mol. The van der Waals surface area contributed by atoms with E-state index in [9.17, 15) is 4.79 Å². The van der Waals surface area contributed by atoms with Crippen molar-refractivity contribution in [2.24, 2.45) is 0 Å². The van der Waals surface area contributed by atoms with Crippen LogP contribution in [0.1, 0.15) is 66.3 Å². The summed E-state index contributed by atoms with van der Waals surface area (Å²) in [4.78, 5) is 15.5. The second-order valence-electron chi connectivity index (χ2n) is 8.35. The minimum Gasteiger partial charge on any atom is -0.338 e. The molecule has 3 aromatic heterocycles. The highest BCUT2D eigenvalue weighted by Crippen LogP contribution is 2.29. The first kappa shape index (κ1) is 18.1. The number of amides is 1. The lowest BCUT2D eigenvalue weighted by Gasteiger charge is -2.30. The Hall–Kier alpha value is -2.28. The number of likely N-dealkylation sites (tertiary alicyclic amines) is 1. The first-order chi connectivity index (χ1) is 12.8. The zero-order valence-electron chi connectivity index (χ0n) is 16.3. The molecule has 0 atom stereocenters. The molecule has 0 radical (unpaired) electrons. The molecule has 0 saturated carbocycles. The number of carbonyl (C=O) groups is 1.